The van der Waals surface area contributed by atoms with E-state index in [2.05, 4.69) is 5.32 Å². The number of hydrogen-bond acceptors (Lipinski definition) is 3. The van der Waals surface area contributed by atoms with Crippen LogP contribution in [-0.2, 0) is 16.6 Å². The summed E-state index contributed by atoms with van der Waals surface area (Å²) in [6.07, 6.45) is 0.883. The second-order valence-electron chi connectivity index (χ2n) is 5.26. The molecule has 0 saturated heterocycles. The summed E-state index contributed by atoms with van der Waals surface area (Å²) in [6, 6.07) is 4.23. The lowest BCUT2D eigenvalue weighted by atomic mass is 10.1. The molecule has 0 spiro atoms. The van der Waals surface area contributed by atoms with Crippen LogP contribution in [0.15, 0.2) is 23.1 Å². The summed E-state index contributed by atoms with van der Waals surface area (Å²) >= 11 is 0. The summed E-state index contributed by atoms with van der Waals surface area (Å²) in [5.41, 5.74) is 0.747. The van der Waals surface area contributed by atoms with Crippen molar-refractivity contribution < 1.29 is 12.8 Å². The van der Waals surface area contributed by atoms with Crippen molar-refractivity contribution in [3.63, 3.8) is 0 Å². The van der Waals surface area contributed by atoms with Crippen LogP contribution in [0.5, 0.6) is 0 Å². The second kappa shape index (κ2) is 7.87. The molecule has 0 aromatic heterocycles. The second-order valence-corrected chi connectivity index (χ2v) is 7.17. The summed E-state index contributed by atoms with van der Waals surface area (Å²) in [7, 11) is -2.03. The summed E-state index contributed by atoms with van der Waals surface area (Å²) in [5.74, 6) is -0.458. The molecule has 1 atom stereocenters. The van der Waals surface area contributed by atoms with Crippen LogP contribution in [0.1, 0.15) is 32.8 Å². The maximum atomic E-state index is 14.0. The van der Waals surface area contributed by atoms with Gasteiger partial charge in [-0.15, -0.1) is 0 Å². The van der Waals surface area contributed by atoms with E-state index >= 15 is 0 Å². The van der Waals surface area contributed by atoms with Gasteiger partial charge in [0, 0.05) is 19.6 Å². The van der Waals surface area contributed by atoms with Crippen LogP contribution in [-0.4, -0.2) is 32.9 Å². The molecule has 1 N–H and O–H groups in total. The highest BCUT2D eigenvalue weighted by molar-refractivity contribution is 7.89. The largest absolute Gasteiger partial charge is 0.316 e. The van der Waals surface area contributed by atoms with E-state index in [9.17, 15) is 12.8 Å². The Morgan fingerprint density at radius 3 is 2.52 bits per heavy atom. The van der Waals surface area contributed by atoms with Crippen molar-refractivity contribution in [3.05, 3.63) is 29.6 Å². The summed E-state index contributed by atoms with van der Waals surface area (Å²) in [6.45, 7) is 7.02. The summed E-state index contributed by atoms with van der Waals surface area (Å²) in [4.78, 5) is -0.236. The lowest BCUT2D eigenvalue weighted by molar-refractivity contribution is 0.360. The lowest BCUT2D eigenvalue weighted by Gasteiger charge is -2.24. The fraction of sp³-hybridized carbons (Fsp3) is 0.600. The van der Waals surface area contributed by atoms with E-state index < -0.39 is 15.8 Å². The van der Waals surface area contributed by atoms with Crippen molar-refractivity contribution in [2.24, 2.45) is 5.92 Å². The fourth-order valence-electron chi connectivity index (χ4n) is 2.07. The predicted octanol–water partition coefficient (Wildman–Crippen LogP) is 2.60. The van der Waals surface area contributed by atoms with Crippen molar-refractivity contribution in [1.29, 1.82) is 0 Å². The van der Waals surface area contributed by atoms with Crippen molar-refractivity contribution in [2.45, 2.75) is 38.6 Å². The first-order valence-corrected chi connectivity index (χ1v) is 8.73. The molecule has 0 aliphatic heterocycles. The average Bonchev–Trinajstić information content (AvgIpc) is 2.46. The summed E-state index contributed by atoms with van der Waals surface area (Å²) in [5, 5.41) is 2.94. The Morgan fingerprint density at radius 2 is 2.00 bits per heavy atom. The first-order valence-electron chi connectivity index (χ1n) is 7.29. The Balaban J connectivity index is 3.18. The molecule has 1 aromatic carbocycles. The van der Waals surface area contributed by atoms with Crippen LogP contribution in [0.2, 0.25) is 0 Å². The van der Waals surface area contributed by atoms with Crippen molar-refractivity contribution in [2.75, 3.05) is 20.1 Å². The highest BCUT2D eigenvalue weighted by Gasteiger charge is 2.27. The van der Waals surface area contributed by atoms with Gasteiger partial charge in [0.15, 0.2) is 0 Å². The average molecular weight is 316 g/mol. The van der Waals surface area contributed by atoms with E-state index in [0.29, 0.717) is 19.6 Å². The van der Waals surface area contributed by atoms with Crippen molar-refractivity contribution in [3.8, 4) is 0 Å². The number of nitrogens with zero attached hydrogens (tertiary/aromatic N) is 1. The molecule has 0 aliphatic carbocycles. The van der Waals surface area contributed by atoms with Gasteiger partial charge in [-0.25, -0.2) is 12.8 Å². The molecule has 21 heavy (non-hydrogen) atoms. The predicted molar refractivity (Wildman–Crippen MR) is 83.1 cm³/mol. The maximum absolute atomic E-state index is 14.0. The van der Waals surface area contributed by atoms with Gasteiger partial charge in [0.25, 0.3) is 0 Å². The smallest absolute Gasteiger partial charge is 0.245 e. The molecule has 6 heteroatoms. The summed E-state index contributed by atoms with van der Waals surface area (Å²) < 4.78 is 40.7. The van der Waals surface area contributed by atoms with E-state index in [1.165, 1.54) is 16.4 Å². The van der Waals surface area contributed by atoms with Gasteiger partial charge in [0.05, 0.1) is 0 Å². The van der Waals surface area contributed by atoms with Crippen LogP contribution in [0.4, 0.5) is 4.39 Å². The molecule has 0 aliphatic rings. The third-order valence-corrected chi connectivity index (χ3v) is 5.52. The molecule has 0 fully saturated rings. The number of benzene rings is 1. The third kappa shape index (κ3) is 4.49. The van der Waals surface area contributed by atoms with Crippen LogP contribution < -0.4 is 5.32 Å². The van der Waals surface area contributed by atoms with Gasteiger partial charge in [-0.3, -0.25) is 0 Å². The molecule has 4 nitrogen and oxygen atoms in total. The normalized spacial score (nSPS) is 13.6. The van der Waals surface area contributed by atoms with E-state index in [1.54, 1.807) is 20.0 Å². The Kier molecular flexibility index (Phi) is 6.77. The third-order valence-electron chi connectivity index (χ3n) is 3.56. The first-order chi connectivity index (χ1) is 9.86. The van der Waals surface area contributed by atoms with Gasteiger partial charge in [-0.2, -0.15) is 4.31 Å². The van der Waals surface area contributed by atoms with Gasteiger partial charge >= 0.3 is 0 Å². The Labute approximate surface area is 127 Å². The number of halogens is 1. The highest BCUT2D eigenvalue weighted by Crippen LogP contribution is 2.22. The number of sulfonamides is 1. The first kappa shape index (κ1) is 18.1. The minimum absolute atomic E-state index is 0.236. The van der Waals surface area contributed by atoms with Crippen LogP contribution in [0.25, 0.3) is 0 Å². The monoisotopic (exact) mass is 316 g/mol. The lowest BCUT2D eigenvalue weighted by Crippen LogP contribution is -2.35. The Hall–Kier alpha value is -0.980. The van der Waals surface area contributed by atoms with Gasteiger partial charge in [-0.05, 0) is 30.7 Å². The van der Waals surface area contributed by atoms with Gasteiger partial charge in [0.1, 0.15) is 10.7 Å². The van der Waals surface area contributed by atoms with Gasteiger partial charge < -0.3 is 5.32 Å². The number of rotatable bonds is 8. The molecule has 1 rings (SSSR count). The van der Waals surface area contributed by atoms with E-state index in [-0.39, 0.29) is 10.8 Å². The Morgan fingerprint density at radius 1 is 1.33 bits per heavy atom. The molecular weight excluding hydrogens is 291 g/mol. The van der Waals surface area contributed by atoms with E-state index in [1.807, 2.05) is 13.8 Å². The van der Waals surface area contributed by atoms with Crippen molar-refractivity contribution in [1.82, 2.24) is 9.62 Å². The van der Waals surface area contributed by atoms with Crippen LogP contribution >= 0.6 is 0 Å². The zero-order valence-corrected chi connectivity index (χ0v) is 14.0. The molecule has 1 aromatic rings. The van der Waals surface area contributed by atoms with Crippen molar-refractivity contribution >= 4 is 10.0 Å². The molecule has 0 radical (unpaired) electrons. The van der Waals surface area contributed by atoms with E-state index in [0.717, 1.165) is 12.0 Å². The standard InChI is InChI=1S/C15H25FN2O2S/c1-5-12(3)11-18(6-2)21(19,20)15-9-13(10-17-4)7-8-14(15)16/h7-9,12,17H,5-6,10-11H2,1-4H3. The highest BCUT2D eigenvalue weighted by atomic mass is 32.2. The minimum atomic E-state index is -3.80. The zero-order chi connectivity index (χ0) is 16.0. The Bertz CT molecular complexity index is 561. The maximum Gasteiger partial charge on any atom is 0.245 e. The zero-order valence-electron chi connectivity index (χ0n) is 13.2. The molecular formula is C15H25FN2O2S. The quantitative estimate of drug-likeness (QED) is 0.802. The topological polar surface area (TPSA) is 49.4 Å². The van der Waals surface area contributed by atoms with Gasteiger partial charge in [0.2, 0.25) is 10.0 Å². The van der Waals surface area contributed by atoms with Crippen LogP contribution in [0, 0.1) is 11.7 Å². The van der Waals surface area contributed by atoms with Crippen LogP contribution in [0.3, 0.4) is 0 Å². The molecule has 120 valence electrons. The molecule has 0 heterocycles. The number of nitrogens with one attached hydrogen (secondary N) is 1. The van der Waals surface area contributed by atoms with E-state index in [4.69, 9.17) is 0 Å². The molecule has 1 unspecified atom stereocenters. The van der Waals surface area contributed by atoms with Gasteiger partial charge in [-0.1, -0.05) is 33.3 Å². The molecule has 0 amide bonds. The molecule has 0 saturated carbocycles. The number of hydrogen-bond donors (Lipinski definition) is 1. The SMILES string of the molecule is CCC(C)CN(CC)S(=O)(=O)c1cc(CNC)ccc1F. The fourth-order valence-corrected chi connectivity index (χ4v) is 3.76. The molecule has 0 bridgehead atoms. The minimum Gasteiger partial charge on any atom is -0.316 e.